The van der Waals surface area contributed by atoms with Crippen LogP contribution in [-0.4, -0.2) is 24.3 Å². The second-order valence-corrected chi connectivity index (χ2v) is 5.39. The van der Waals surface area contributed by atoms with E-state index >= 15 is 0 Å². The Bertz CT molecular complexity index is 1130. The number of para-hydroxylation sites is 1. The molecule has 8 nitrogen and oxygen atoms in total. The van der Waals surface area contributed by atoms with Gasteiger partial charge in [-0.05, 0) is 24.3 Å². The minimum Gasteiger partial charge on any atom is -0.467 e. The number of aromatic nitrogens is 5. The molecule has 4 rings (SSSR count). The first-order chi connectivity index (χ1) is 12.2. The number of hydrogen-bond acceptors (Lipinski definition) is 6. The number of rotatable bonds is 4. The normalized spacial score (nSPS) is 10.8. The predicted octanol–water partition coefficient (Wildman–Crippen LogP) is 1.55. The van der Waals surface area contributed by atoms with Gasteiger partial charge in [0.15, 0.2) is 0 Å². The van der Waals surface area contributed by atoms with E-state index in [0.29, 0.717) is 22.5 Å². The number of nitriles is 1. The second-order valence-electron chi connectivity index (χ2n) is 5.39. The Balaban J connectivity index is 1.85. The first kappa shape index (κ1) is 14.8. The molecule has 4 aromatic rings. The summed E-state index contributed by atoms with van der Waals surface area (Å²) in [6, 6.07) is 12.6. The lowest BCUT2D eigenvalue weighted by Gasteiger charge is -2.12. The van der Waals surface area contributed by atoms with E-state index in [1.54, 1.807) is 41.2 Å². The number of hydrogen-bond donors (Lipinski definition) is 0. The summed E-state index contributed by atoms with van der Waals surface area (Å²) in [5.74, 6) is 1.23. The quantitative estimate of drug-likeness (QED) is 0.562. The number of fused-ring (bicyclic) bond motifs is 1. The maximum Gasteiger partial charge on any atom is 0.261 e. The van der Waals surface area contributed by atoms with Gasteiger partial charge in [-0.3, -0.25) is 9.36 Å². The molecule has 1 aromatic carbocycles. The van der Waals surface area contributed by atoms with Crippen molar-refractivity contribution in [3.63, 3.8) is 0 Å². The van der Waals surface area contributed by atoms with Crippen LogP contribution in [0.2, 0.25) is 0 Å². The maximum absolute atomic E-state index is 12.9. The third-order valence-corrected chi connectivity index (χ3v) is 3.77. The van der Waals surface area contributed by atoms with Gasteiger partial charge in [-0.25, -0.2) is 14.6 Å². The van der Waals surface area contributed by atoms with Crippen molar-refractivity contribution < 1.29 is 4.42 Å². The Labute approximate surface area is 141 Å². The van der Waals surface area contributed by atoms with Gasteiger partial charge in [-0.1, -0.05) is 12.1 Å². The number of benzene rings is 1. The van der Waals surface area contributed by atoms with Gasteiger partial charge in [0.25, 0.3) is 11.4 Å². The zero-order valence-corrected chi connectivity index (χ0v) is 13.0. The van der Waals surface area contributed by atoms with Crippen molar-refractivity contribution in [2.45, 2.75) is 13.1 Å². The predicted molar refractivity (Wildman–Crippen MR) is 87.7 cm³/mol. The Hall–Kier alpha value is -3.73. The molecule has 122 valence electrons. The third-order valence-electron chi connectivity index (χ3n) is 3.77. The first-order valence-corrected chi connectivity index (χ1v) is 7.55. The minimum absolute atomic E-state index is 0.0701. The van der Waals surface area contributed by atoms with Crippen LogP contribution in [0.5, 0.6) is 0 Å². The van der Waals surface area contributed by atoms with Crippen LogP contribution in [0.3, 0.4) is 0 Å². The van der Waals surface area contributed by atoms with Crippen LogP contribution < -0.4 is 5.56 Å². The Morgan fingerprint density at radius 1 is 1.16 bits per heavy atom. The van der Waals surface area contributed by atoms with Gasteiger partial charge in [0, 0.05) is 0 Å². The molecule has 0 spiro atoms. The maximum atomic E-state index is 12.9. The van der Waals surface area contributed by atoms with E-state index in [1.807, 2.05) is 12.1 Å². The average Bonchev–Trinajstić information content (AvgIpc) is 3.30. The zero-order valence-electron chi connectivity index (χ0n) is 13.0. The van der Waals surface area contributed by atoms with E-state index in [4.69, 9.17) is 9.68 Å². The molecule has 8 heteroatoms. The molecule has 0 unspecified atom stereocenters. The Morgan fingerprint density at radius 2 is 2.04 bits per heavy atom. The summed E-state index contributed by atoms with van der Waals surface area (Å²) >= 11 is 0. The summed E-state index contributed by atoms with van der Waals surface area (Å²) in [6.07, 6.45) is 3.00. The highest BCUT2D eigenvalue weighted by Crippen LogP contribution is 2.11. The molecule has 0 amide bonds. The molecule has 0 aliphatic rings. The fraction of sp³-hybridized carbons (Fsp3) is 0.118. The van der Waals surface area contributed by atoms with Crippen LogP contribution in [-0.2, 0) is 13.1 Å². The third kappa shape index (κ3) is 2.79. The van der Waals surface area contributed by atoms with Crippen LogP contribution in [0.25, 0.3) is 10.9 Å². The van der Waals surface area contributed by atoms with Crippen LogP contribution in [0.4, 0.5) is 0 Å². The molecule has 0 saturated carbocycles. The number of nitrogens with zero attached hydrogens (tertiary/aromatic N) is 6. The van der Waals surface area contributed by atoms with Gasteiger partial charge in [0.1, 0.15) is 30.5 Å². The molecule has 0 aliphatic carbocycles. The molecule has 0 fully saturated rings. The number of furan rings is 1. The second kappa shape index (κ2) is 6.05. The largest absolute Gasteiger partial charge is 0.467 e. The molecule has 0 aliphatic heterocycles. The molecular weight excluding hydrogens is 320 g/mol. The molecule has 25 heavy (non-hydrogen) atoms. The molecular formula is C17H12N6O2. The minimum atomic E-state index is -0.155. The van der Waals surface area contributed by atoms with Gasteiger partial charge in [0.2, 0.25) is 0 Å². The highest BCUT2D eigenvalue weighted by molar-refractivity contribution is 5.77. The van der Waals surface area contributed by atoms with E-state index in [9.17, 15) is 4.79 Å². The van der Waals surface area contributed by atoms with E-state index in [2.05, 4.69) is 15.1 Å². The summed E-state index contributed by atoms with van der Waals surface area (Å²) in [5.41, 5.74) is 0.455. The van der Waals surface area contributed by atoms with E-state index < -0.39 is 0 Å². The Kier molecular flexibility index (Phi) is 3.59. The lowest BCUT2D eigenvalue weighted by atomic mass is 10.2. The summed E-state index contributed by atoms with van der Waals surface area (Å²) in [5, 5.41) is 13.4. The van der Waals surface area contributed by atoms with Gasteiger partial charge >= 0.3 is 0 Å². The van der Waals surface area contributed by atoms with Crippen molar-refractivity contribution in [1.29, 1.82) is 5.26 Å². The topological polar surface area (TPSA) is 103 Å². The van der Waals surface area contributed by atoms with Gasteiger partial charge in [0.05, 0.1) is 23.7 Å². The van der Waals surface area contributed by atoms with Crippen LogP contribution in [0.1, 0.15) is 17.4 Å². The lowest BCUT2D eigenvalue weighted by Crippen LogP contribution is -2.27. The van der Waals surface area contributed by atoms with Gasteiger partial charge in [-0.2, -0.15) is 5.26 Å². The molecule has 0 bridgehead atoms. The molecule has 3 aromatic heterocycles. The van der Waals surface area contributed by atoms with Crippen LogP contribution in [0, 0.1) is 11.3 Å². The SMILES string of the molecule is N#Cc1ncn(Cc2nc3ccccc3c(=O)n2Cc2ccco2)n1. The molecule has 0 N–H and O–H groups in total. The van der Waals surface area contributed by atoms with Gasteiger partial charge in [-0.15, -0.1) is 5.10 Å². The van der Waals surface area contributed by atoms with Crippen molar-refractivity contribution in [3.8, 4) is 6.07 Å². The van der Waals surface area contributed by atoms with Crippen LogP contribution >= 0.6 is 0 Å². The van der Waals surface area contributed by atoms with Crippen LogP contribution in [0.15, 0.2) is 58.2 Å². The van der Waals surface area contributed by atoms with Crippen molar-refractivity contribution >= 4 is 10.9 Å². The average molecular weight is 332 g/mol. The fourth-order valence-electron chi connectivity index (χ4n) is 2.62. The summed E-state index contributed by atoms with van der Waals surface area (Å²) < 4.78 is 8.40. The molecule has 0 atom stereocenters. The fourth-order valence-corrected chi connectivity index (χ4v) is 2.62. The van der Waals surface area contributed by atoms with E-state index in [1.165, 1.54) is 11.0 Å². The Morgan fingerprint density at radius 3 is 2.80 bits per heavy atom. The van der Waals surface area contributed by atoms with Crippen molar-refractivity contribution in [1.82, 2.24) is 24.3 Å². The lowest BCUT2D eigenvalue weighted by molar-refractivity contribution is 0.477. The van der Waals surface area contributed by atoms with E-state index in [-0.39, 0.29) is 24.5 Å². The van der Waals surface area contributed by atoms with Gasteiger partial charge < -0.3 is 4.42 Å². The first-order valence-electron chi connectivity index (χ1n) is 7.55. The van der Waals surface area contributed by atoms with Crippen molar-refractivity contribution in [2.75, 3.05) is 0 Å². The smallest absolute Gasteiger partial charge is 0.261 e. The molecule has 3 heterocycles. The van der Waals surface area contributed by atoms with E-state index in [0.717, 1.165) is 0 Å². The standard InChI is InChI=1S/C17H12N6O2/c18-8-15-19-11-22(21-15)10-16-20-14-6-2-1-5-13(14)17(24)23(16)9-12-4-3-7-25-12/h1-7,11H,9-10H2. The van der Waals surface area contributed by atoms with Crippen molar-refractivity contribution in [2.24, 2.45) is 0 Å². The monoisotopic (exact) mass is 332 g/mol. The highest BCUT2D eigenvalue weighted by atomic mass is 16.3. The summed E-state index contributed by atoms with van der Waals surface area (Å²) in [6.45, 7) is 0.480. The summed E-state index contributed by atoms with van der Waals surface area (Å²) in [4.78, 5) is 21.4. The summed E-state index contributed by atoms with van der Waals surface area (Å²) in [7, 11) is 0. The molecule has 0 radical (unpaired) electrons. The zero-order chi connectivity index (χ0) is 17.2. The van der Waals surface area contributed by atoms with Crippen molar-refractivity contribution in [3.05, 3.63) is 76.8 Å². The highest BCUT2D eigenvalue weighted by Gasteiger charge is 2.13. The molecule has 0 saturated heterocycles.